The molecule has 0 aliphatic carbocycles. The molecule has 0 spiro atoms. The maximum Gasteiger partial charge on any atom is 0.418 e. The zero-order valence-corrected chi connectivity index (χ0v) is 11.0. The van der Waals surface area contributed by atoms with Gasteiger partial charge >= 0.3 is 12.1 Å². The Kier molecular flexibility index (Phi) is 6.38. The SMILES string of the molecule is CCOC(=O)N(CCN)C(=O)NCc1ccccc1. The Balaban J connectivity index is 2.54. The number of imide groups is 1. The van der Waals surface area contributed by atoms with Gasteiger partial charge in [-0.1, -0.05) is 30.3 Å². The molecule has 0 heterocycles. The second-order valence-corrected chi connectivity index (χ2v) is 3.78. The van der Waals surface area contributed by atoms with Gasteiger partial charge in [-0.25, -0.2) is 14.5 Å². The van der Waals surface area contributed by atoms with E-state index in [0.717, 1.165) is 10.5 Å². The average Bonchev–Trinajstić information content (AvgIpc) is 2.43. The van der Waals surface area contributed by atoms with Gasteiger partial charge in [0.1, 0.15) is 0 Å². The van der Waals surface area contributed by atoms with Crippen LogP contribution >= 0.6 is 0 Å². The fraction of sp³-hybridized carbons (Fsp3) is 0.385. The summed E-state index contributed by atoms with van der Waals surface area (Å²) in [5.41, 5.74) is 6.33. The molecule has 0 saturated heterocycles. The highest BCUT2D eigenvalue weighted by Crippen LogP contribution is 1.99. The Morgan fingerprint density at radius 3 is 2.58 bits per heavy atom. The van der Waals surface area contributed by atoms with Crippen LogP contribution in [0.4, 0.5) is 9.59 Å². The standard InChI is InChI=1S/C13H19N3O3/c1-2-19-13(18)16(9-8-14)12(17)15-10-11-6-4-3-5-7-11/h3-7H,2,8-10,14H2,1H3,(H,15,17). The molecule has 0 aliphatic heterocycles. The third-order valence-corrected chi connectivity index (χ3v) is 2.37. The van der Waals surface area contributed by atoms with Crippen molar-refractivity contribution < 1.29 is 14.3 Å². The fourth-order valence-corrected chi connectivity index (χ4v) is 1.48. The highest BCUT2D eigenvalue weighted by atomic mass is 16.6. The van der Waals surface area contributed by atoms with Gasteiger partial charge in [-0.2, -0.15) is 0 Å². The number of nitrogens with one attached hydrogen (secondary N) is 1. The zero-order valence-electron chi connectivity index (χ0n) is 11.0. The highest BCUT2D eigenvalue weighted by molar-refractivity contribution is 5.90. The molecule has 0 atom stereocenters. The molecule has 1 aromatic carbocycles. The van der Waals surface area contributed by atoms with E-state index >= 15 is 0 Å². The lowest BCUT2D eigenvalue weighted by Gasteiger charge is -2.19. The van der Waals surface area contributed by atoms with E-state index in [2.05, 4.69) is 5.32 Å². The largest absolute Gasteiger partial charge is 0.449 e. The molecule has 0 radical (unpaired) electrons. The second kappa shape index (κ2) is 8.10. The topological polar surface area (TPSA) is 84.7 Å². The molecule has 1 aromatic rings. The van der Waals surface area contributed by atoms with Gasteiger partial charge in [0, 0.05) is 19.6 Å². The molecule has 6 heteroatoms. The summed E-state index contributed by atoms with van der Waals surface area (Å²) in [4.78, 5) is 24.4. The van der Waals surface area contributed by atoms with Gasteiger partial charge in [0.2, 0.25) is 0 Å². The molecule has 0 aliphatic rings. The van der Waals surface area contributed by atoms with Gasteiger partial charge in [0.25, 0.3) is 0 Å². The molecule has 0 fully saturated rings. The van der Waals surface area contributed by atoms with E-state index in [0.29, 0.717) is 6.54 Å². The minimum atomic E-state index is -0.682. The Hall–Kier alpha value is -2.08. The summed E-state index contributed by atoms with van der Waals surface area (Å²) < 4.78 is 4.80. The van der Waals surface area contributed by atoms with Gasteiger partial charge < -0.3 is 15.8 Å². The molecule has 1 rings (SSSR count). The van der Waals surface area contributed by atoms with E-state index in [1.165, 1.54) is 0 Å². The van der Waals surface area contributed by atoms with Crippen LogP contribution in [0.3, 0.4) is 0 Å². The molecule has 104 valence electrons. The number of nitrogens with two attached hydrogens (primary N) is 1. The minimum absolute atomic E-state index is 0.124. The number of carbonyl (C=O) groups excluding carboxylic acids is 2. The van der Waals surface area contributed by atoms with E-state index in [1.807, 2.05) is 30.3 Å². The predicted molar refractivity (Wildman–Crippen MR) is 71.5 cm³/mol. The summed E-state index contributed by atoms with van der Waals surface area (Å²) in [5, 5.41) is 2.65. The van der Waals surface area contributed by atoms with Crippen molar-refractivity contribution in [3.05, 3.63) is 35.9 Å². The van der Waals surface area contributed by atoms with Crippen LogP contribution in [0.25, 0.3) is 0 Å². The van der Waals surface area contributed by atoms with Crippen LogP contribution in [0.2, 0.25) is 0 Å². The highest BCUT2D eigenvalue weighted by Gasteiger charge is 2.21. The van der Waals surface area contributed by atoms with Crippen LogP contribution < -0.4 is 11.1 Å². The first kappa shape index (κ1) is 15.0. The van der Waals surface area contributed by atoms with Crippen LogP contribution in [-0.4, -0.2) is 36.7 Å². The zero-order chi connectivity index (χ0) is 14.1. The van der Waals surface area contributed by atoms with Gasteiger partial charge in [-0.3, -0.25) is 0 Å². The molecule has 0 saturated carbocycles. The van der Waals surface area contributed by atoms with Gasteiger partial charge in [-0.05, 0) is 12.5 Å². The number of amides is 3. The summed E-state index contributed by atoms with van der Waals surface area (Å²) >= 11 is 0. The monoisotopic (exact) mass is 265 g/mol. The van der Waals surface area contributed by atoms with E-state index < -0.39 is 12.1 Å². The average molecular weight is 265 g/mol. The number of urea groups is 1. The van der Waals surface area contributed by atoms with Crippen molar-refractivity contribution in [1.82, 2.24) is 10.2 Å². The van der Waals surface area contributed by atoms with Crippen LogP contribution in [-0.2, 0) is 11.3 Å². The third kappa shape index (κ3) is 4.97. The van der Waals surface area contributed by atoms with E-state index in [9.17, 15) is 9.59 Å². The maximum absolute atomic E-state index is 11.9. The van der Waals surface area contributed by atoms with Crippen LogP contribution in [0, 0.1) is 0 Å². The van der Waals surface area contributed by atoms with E-state index in [1.54, 1.807) is 6.92 Å². The third-order valence-electron chi connectivity index (χ3n) is 2.37. The van der Waals surface area contributed by atoms with Crippen molar-refractivity contribution in [2.75, 3.05) is 19.7 Å². The van der Waals surface area contributed by atoms with Gasteiger partial charge in [0.15, 0.2) is 0 Å². The lowest BCUT2D eigenvalue weighted by Crippen LogP contribution is -2.46. The number of hydrogen-bond acceptors (Lipinski definition) is 4. The fourth-order valence-electron chi connectivity index (χ4n) is 1.48. The smallest absolute Gasteiger partial charge is 0.418 e. The lowest BCUT2D eigenvalue weighted by atomic mass is 10.2. The van der Waals surface area contributed by atoms with Crippen molar-refractivity contribution in [1.29, 1.82) is 0 Å². The maximum atomic E-state index is 11.9. The van der Waals surface area contributed by atoms with Gasteiger partial charge in [-0.15, -0.1) is 0 Å². The number of ether oxygens (including phenoxy) is 1. The summed E-state index contributed by atoms with van der Waals surface area (Å²) in [6.45, 7) is 2.56. The first-order valence-electron chi connectivity index (χ1n) is 6.15. The van der Waals surface area contributed by atoms with Crippen molar-refractivity contribution >= 4 is 12.1 Å². The number of rotatable bonds is 5. The predicted octanol–water partition coefficient (Wildman–Crippen LogP) is 1.31. The lowest BCUT2D eigenvalue weighted by molar-refractivity contribution is 0.115. The molecule has 0 unspecified atom stereocenters. The number of carbonyl (C=O) groups is 2. The minimum Gasteiger partial charge on any atom is -0.449 e. The van der Waals surface area contributed by atoms with Crippen molar-refractivity contribution in [3.63, 3.8) is 0 Å². The quantitative estimate of drug-likeness (QED) is 0.840. The second-order valence-electron chi connectivity index (χ2n) is 3.78. The number of benzene rings is 1. The molecule has 0 bridgehead atoms. The number of hydrogen-bond donors (Lipinski definition) is 2. The molecular formula is C13H19N3O3. The molecule has 3 N–H and O–H groups in total. The van der Waals surface area contributed by atoms with Crippen LogP contribution in [0.1, 0.15) is 12.5 Å². The number of nitrogens with zero attached hydrogens (tertiary/aromatic N) is 1. The summed E-state index contributed by atoms with van der Waals surface area (Å²) in [7, 11) is 0. The molecule has 0 aromatic heterocycles. The summed E-state index contributed by atoms with van der Waals surface area (Å²) in [6, 6.07) is 8.92. The normalized spacial score (nSPS) is 9.79. The van der Waals surface area contributed by atoms with Crippen LogP contribution in [0.5, 0.6) is 0 Å². The van der Waals surface area contributed by atoms with Gasteiger partial charge in [0.05, 0.1) is 6.61 Å². The molecule has 19 heavy (non-hydrogen) atoms. The Labute approximate surface area is 112 Å². The van der Waals surface area contributed by atoms with Crippen LogP contribution in [0.15, 0.2) is 30.3 Å². The Bertz CT molecular complexity index is 409. The first-order chi connectivity index (χ1) is 9.19. The van der Waals surface area contributed by atoms with Crippen molar-refractivity contribution in [2.24, 2.45) is 5.73 Å². The van der Waals surface area contributed by atoms with Crippen molar-refractivity contribution in [3.8, 4) is 0 Å². The molecular weight excluding hydrogens is 246 g/mol. The van der Waals surface area contributed by atoms with Crippen molar-refractivity contribution in [2.45, 2.75) is 13.5 Å². The molecule has 6 nitrogen and oxygen atoms in total. The van der Waals surface area contributed by atoms with E-state index in [4.69, 9.17) is 10.5 Å². The molecule has 3 amide bonds. The summed E-state index contributed by atoms with van der Waals surface area (Å²) in [6.07, 6.45) is -0.682. The van der Waals surface area contributed by atoms with E-state index in [-0.39, 0.29) is 19.7 Å². The Morgan fingerprint density at radius 2 is 2.00 bits per heavy atom. The Morgan fingerprint density at radius 1 is 1.32 bits per heavy atom. The first-order valence-corrected chi connectivity index (χ1v) is 6.15. The summed E-state index contributed by atoms with van der Waals surface area (Å²) in [5.74, 6) is 0.